The van der Waals surface area contributed by atoms with Crippen LogP contribution in [0, 0.1) is 5.92 Å². The standard InChI is InChI=1S/C18H28N2/c1-16(13-17-7-5-4-6-8-17)14-20-11-9-18(10-12-20)15-19(2)3/h4-8,13,18H,9-12,14-15H2,1-3H3. The molecule has 0 N–H and O–H groups in total. The van der Waals surface area contributed by atoms with Crippen molar-refractivity contribution in [2.45, 2.75) is 19.8 Å². The van der Waals surface area contributed by atoms with Crippen LogP contribution >= 0.6 is 0 Å². The molecule has 2 heteroatoms. The summed E-state index contributed by atoms with van der Waals surface area (Å²) in [5.41, 5.74) is 2.77. The van der Waals surface area contributed by atoms with E-state index in [4.69, 9.17) is 0 Å². The molecule has 0 amide bonds. The molecule has 1 aromatic rings. The Labute approximate surface area is 124 Å². The van der Waals surface area contributed by atoms with E-state index >= 15 is 0 Å². The largest absolute Gasteiger partial charge is 0.309 e. The summed E-state index contributed by atoms with van der Waals surface area (Å²) in [6.45, 7) is 7.10. The molecule has 0 saturated carbocycles. The summed E-state index contributed by atoms with van der Waals surface area (Å²) in [7, 11) is 4.36. The molecular weight excluding hydrogens is 244 g/mol. The van der Waals surface area contributed by atoms with E-state index in [2.05, 4.69) is 67.2 Å². The molecule has 110 valence electrons. The Morgan fingerprint density at radius 2 is 1.85 bits per heavy atom. The van der Waals surface area contributed by atoms with Gasteiger partial charge in [0.1, 0.15) is 0 Å². The Morgan fingerprint density at radius 1 is 1.20 bits per heavy atom. The molecule has 0 atom stereocenters. The van der Waals surface area contributed by atoms with Crippen LogP contribution in [0.4, 0.5) is 0 Å². The van der Waals surface area contributed by atoms with Gasteiger partial charge in [0, 0.05) is 13.1 Å². The van der Waals surface area contributed by atoms with Crippen LogP contribution in [0.25, 0.3) is 6.08 Å². The Morgan fingerprint density at radius 3 is 2.45 bits per heavy atom. The van der Waals surface area contributed by atoms with Gasteiger partial charge in [-0.25, -0.2) is 0 Å². The highest BCUT2D eigenvalue weighted by Gasteiger charge is 2.19. The van der Waals surface area contributed by atoms with Crippen LogP contribution in [0.5, 0.6) is 0 Å². The number of hydrogen-bond acceptors (Lipinski definition) is 2. The minimum atomic E-state index is 0.889. The third-order valence-corrected chi connectivity index (χ3v) is 4.02. The summed E-state index contributed by atoms with van der Waals surface area (Å²) < 4.78 is 0. The lowest BCUT2D eigenvalue weighted by atomic mass is 9.96. The molecule has 0 unspecified atom stereocenters. The molecule has 1 heterocycles. The smallest absolute Gasteiger partial charge is 0.0193 e. The topological polar surface area (TPSA) is 6.48 Å². The summed E-state index contributed by atoms with van der Waals surface area (Å²) in [5, 5.41) is 0. The van der Waals surface area contributed by atoms with E-state index in [1.807, 2.05) is 0 Å². The van der Waals surface area contributed by atoms with Crippen molar-refractivity contribution in [1.29, 1.82) is 0 Å². The maximum Gasteiger partial charge on any atom is 0.0193 e. The van der Waals surface area contributed by atoms with Gasteiger partial charge >= 0.3 is 0 Å². The zero-order valence-corrected chi connectivity index (χ0v) is 13.2. The van der Waals surface area contributed by atoms with Crippen molar-refractivity contribution in [2.75, 3.05) is 40.3 Å². The SMILES string of the molecule is CC(=Cc1ccccc1)CN1CCC(CN(C)C)CC1. The number of likely N-dealkylation sites (tertiary alicyclic amines) is 1. The second-order valence-electron chi connectivity index (χ2n) is 6.38. The minimum absolute atomic E-state index is 0.889. The van der Waals surface area contributed by atoms with Gasteiger partial charge in [0.2, 0.25) is 0 Å². The zero-order chi connectivity index (χ0) is 14.4. The highest BCUT2D eigenvalue weighted by atomic mass is 15.1. The first-order valence-electron chi connectivity index (χ1n) is 7.73. The van der Waals surface area contributed by atoms with Gasteiger partial charge in [-0.3, -0.25) is 4.90 Å². The van der Waals surface area contributed by atoms with E-state index < -0.39 is 0 Å². The minimum Gasteiger partial charge on any atom is -0.309 e. The van der Waals surface area contributed by atoms with Crippen LogP contribution in [0.2, 0.25) is 0 Å². The van der Waals surface area contributed by atoms with E-state index in [0.717, 1.165) is 12.5 Å². The maximum absolute atomic E-state index is 2.60. The summed E-state index contributed by atoms with van der Waals surface area (Å²) in [6.07, 6.45) is 5.00. The molecule has 1 aliphatic rings. The van der Waals surface area contributed by atoms with Crippen LogP contribution in [0.1, 0.15) is 25.3 Å². The first-order valence-corrected chi connectivity index (χ1v) is 7.73. The summed E-state index contributed by atoms with van der Waals surface area (Å²) in [6, 6.07) is 10.6. The van der Waals surface area contributed by atoms with Crippen molar-refractivity contribution in [1.82, 2.24) is 9.80 Å². The quantitative estimate of drug-likeness (QED) is 0.811. The summed E-state index contributed by atoms with van der Waals surface area (Å²) in [4.78, 5) is 4.92. The lowest BCUT2D eigenvalue weighted by molar-refractivity contribution is 0.172. The fraction of sp³-hybridized carbons (Fsp3) is 0.556. The van der Waals surface area contributed by atoms with E-state index in [0.29, 0.717) is 0 Å². The van der Waals surface area contributed by atoms with Crippen molar-refractivity contribution < 1.29 is 0 Å². The lowest BCUT2D eigenvalue weighted by Crippen LogP contribution is -2.37. The molecule has 0 aliphatic carbocycles. The maximum atomic E-state index is 2.60. The van der Waals surface area contributed by atoms with Gasteiger partial charge in [-0.05, 0) is 58.4 Å². The van der Waals surface area contributed by atoms with Gasteiger partial charge < -0.3 is 4.90 Å². The van der Waals surface area contributed by atoms with E-state index in [-0.39, 0.29) is 0 Å². The Balaban J connectivity index is 1.79. The normalized spacial score (nSPS) is 18.7. The zero-order valence-electron chi connectivity index (χ0n) is 13.2. The summed E-state index contributed by atoms with van der Waals surface area (Å²) in [5.74, 6) is 0.889. The molecule has 2 nitrogen and oxygen atoms in total. The van der Waals surface area contributed by atoms with Crippen molar-refractivity contribution in [2.24, 2.45) is 5.92 Å². The number of rotatable bonds is 5. The predicted molar refractivity (Wildman–Crippen MR) is 87.8 cm³/mol. The average molecular weight is 272 g/mol. The van der Waals surface area contributed by atoms with Gasteiger partial charge in [-0.2, -0.15) is 0 Å². The molecule has 1 saturated heterocycles. The number of nitrogens with zero attached hydrogens (tertiary/aromatic N) is 2. The van der Waals surface area contributed by atoms with Crippen molar-refractivity contribution in [3.05, 3.63) is 41.5 Å². The molecule has 0 radical (unpaired) electrons. The molecular formula is C18H28N2. The Bertz CT molecular complexity index is 414. The fourth-order valence-corrected chi connectivity index (χ4v) is 3.08. The van der Waals surface area contributed by atoms with Crippen molar-refractivity contribution in [3.8, 4) is 0 Å². The molecule has 1 aliphatic heterocycles. The first-order chi connectivity index (χ1) is 9.63. The molecule has 1 aromatic carbocycles. The van der Waals surface area contributed by atoms with Crippen molar-refractivity contribution >= 4 is 6.08 Å². The van der Waals surface area contributed by atoms with Crippen LogP contribution < -0.4 is 0 Å². The fourth-order valence-electron chi connectivity index (χ4n) is 3.08. The molecule has 1 fully saturated rings. The molecule has 0 bridgehead atoms. The number of benzene rings is 1. The first kappa shape index (κ1) is 15.3. The van der Waals surface area contributed by atoms with E-state index in [9.17, 15) is 0 Å². The summed E-state index contributed by atoms with van der Waals surface area (Å²) >= 11 is 0. The molecule has 0 spiro atoms. The van der Waals surface area contributed by atoms with Crippen LogP contribution in [0.3, 0.4) is 0 Å². The Hall–Kier alpha value is -1.12. The second kappa shape index (κ2) is 7.61. The molecule has 20 heavy (non-hydrogen) atoms. The number of piperidine rings is 1. The molecule has 2 rings (SSSR count). The van der Waals surface area contributed by atoms with Gasteiger partial charge in [-0.1, -0.05) is 42.0 Å². The van der Waals surface area contributed by atoms with Crippen LogP contribution in [-0.2, 0) is 0 Å². The van der Waals surface area contributed by atoms with Gasteiger partial charge in [0.05, 0.1) is 0 Å². The van der Waals surface area contributed by atoms with Gasteiger partial charge in [-0.15, -0.1) is 0 Å². The molecule has 0 aromatic heterocycles. The monoisotopic (exact) mass is 272 g/mol. The highest BCUT2D eigenvalue weighted by molar-refractivity contribution is 5.52. The number of hydrogen-bond donors (Lipinski definition) is 0. The third kappa shape index (κ3) is 5.10. The van der Waals surface area contributed by atoms with Gasteiger partial charge in [0.15, 0.2) is 0 Å². The van der Waals surface area contributed by atoms with Crippen molar-refractivity contribution in [3.63, 3.8) is 0 Å². The third-order valence-electron chi connectivity index (χ3n) is 4.02. The Kier molecular flexibility index (Phi) is 5.81. The van der Waals surface area contributed by atoms with Crippen LogP contribution in [-0.4, -0.2) is 50.1 Å². The second-order valence-corrected chi connectivity index (χ2v) is 6.38. The van der Waals surface area contributed by atoms with Gasteiger partial charge in [0.25, 0.3) is 0 Å². The highest BCUT2D eigenvalue weighted by Crippen LogP contribution is 2.19. The van der Waals surface area contributed by atoms with Crippen LogP contribution in [0.15, 0.2) is 35.9 Å². The van der Waals surface area contributed by atoms with E-state index in [1.54, 1.807) is 0 Å². The van der Waals surface area contributed by atoms with E-state index in [1.165, 1.54) is 43.6 Å². The average Bonchev–Trinajstić information content (AvgIpc) is 2.41. The lowest BCUT2D eigenvalue weighted by Gasteiger charge is -2.33. The predicted octanol–water partition coefficient (Wildman–Crippen LogP) is 3.36.